The zero-order valence-electron chi connectivity index (χ0n) is 13.0. The lowest BCUT2D eigenvalue weighted by atomic mass is 10.2. The summed E-state index contributed by atoms with van der Waals surface area (Å²) in [7, 11) is 4.94. The van der Waals surface area contributed by atoms with Crippen LogP contribution in [0, 0.1) is 5.92 Å². The van der Waals surface area contributed by atoms with Crippen molar-refractivity contribution in [3.05, 3.63) is 26.7 Å². The molecule has 0 bridgehead atoms. The van der Waals surface area contributed by atoms with Gasteiger partial charge in [-0.15, -0.1) is 0 Å². The van der Waals surface area contributed by atoms with Crippen molar-refractivity contribution in [3.8, 4) is 0 Å². The highest BCUT2D eigenvalue weighted by molar-refractivity contribution is 5.69. The van der Waals surface area contributed by atoms with Gasteiger partial charge in [-0.05, 0) is 25.8 Å². The summed E-state index contributed by atoms with van der Waals surface area (Å²) in [6.45, 7) is 1.05. The van der Waals surface area contributed by atoms with Crippen molar-refractivity contribution in [1.82, 2.24) is 24.0 Å². The normalized spacial score (nSPS) is 16.6. The second kappa shape index (κ2) is 5.36. The number of nitrogens with zero attached hydrogens (tertiary/aromatic N) is 4. The summed E-state index contributed by atoms with van der Waals surface area (Å²) in [5, 5.41) is 9.97. The molecule has 2 aromatic heterocycles. The second-order valence-electron chi connectivity index (χ2n) is 6.19. The Labute approximate surface area is 127 Å². The molecule has 0 aromatic carbocycles. The summed E-state index contributed by atoms with van der Waals surface area (Å²) in [6, 6.07) is 0. The number of rotatable bonds is 5. The SMILES string of the molecule is CN(Cc1nc2c([nH]1)c(=O)n(C)c(=O)n2C)C[C@@H](O)C1CC1. The monoisotopic (exact) mass is 307 g/mol. The quantitative estimate of drug-likeness (QED) is 0.751. The Morgan fingerprint density at radius 3 is 2.68 bits per heavy atom. The zero-order chi connectivity index (χ0) is 16.0. The molecular formula is C14H21N5O3. The van der Waals surface area contributed by atoms with Gasteiger partial charge >= 0.3 is 5.69 Å². The fourth-order valence-corrected chi connectivity index (χ4v) is 2.72. The van der Waals surface area contributed by atoms with Gasteiger partial charge in [0.2, 0.25) is 0 Å². The highest BCUT2D eigenvalue weighted by Gasteiger charge is 2.30. The molecule has 2 N–H and O–H groups in total. The highest BCUT2D eigenvalue weighted by atomic mass is 16.3. The number of hydrogen-bond acceptors (Lipinski definition) is 5. The molecule has 1 saturated carbocycles. The first-order valence-corrected chi connectivity index (χ1v) is 7.39. The van der Waals surface area contributed by atoms with Gasteiger partial charge in [0.1, 0.15) is 11.3 Å². The molecule has 1 atom stereocenters. The van der Waals surface area contributed by atoms with Crippen LogP contribution in [0.15, 0.2) is 9.59 Å². The number of likely N-dealkylation sites (N-methyl/N-ethyl adjacent to an activating group) is 1. The van der Waals surface area contributed by atoms with Gasteiger partial charge in [-0.1, -0.05) is 0 Å². The van der Waals surface area contributed by atoms with Gasteiger partial charge < -0.3 is 10.1 Å². The van der Waals surface area contributed by atoms with E-state index in [9.17, 15) is 14.7 Å². The third-order valence-corrected chi connectivity index (χ3v) is 4.23. The second-order valence-corrected chi connectivity index (χ2v) is 6.19. The summed E-state index contributed by atoms with van der Waals surface area (Å²) in [5.41, 5.74) is -0.0828. The number of aromatic nitrogens is 4. The topological polar surface area (TPSA) is 96.2 Å². The van der Waals surface area contributed by atoms with Crippen molar-refractivity contribution in [2.75, 3.05) is 13.6 Å². The lowest BCUT2D eigenvalue weighted by Gasteiger charge is -2.18. The van der Waals surface area contributed by atoms with E-state index in [2.05, 4.69) is 9.97 Å². The smallest absolute Gasteiger partial charge is 0.332 e. The Kier molecular flexibility index (Phi) is 3.65. The summed E-state index contributed by atoms with van der Waals surface area (Å²) >= 11 is 0. The van der Waals surface area contributed by atoms with Crippen LogP contribution >= 0.6 is 0 Å². The fourth-order valence-electron chi connectivity index (χ4n) is 2.72. The minimum absolute atomic E-state index is 0.313. The first-order valence-electron chi connectivity index (χ1n) is 7.39. The number of H-pyrrole nitrogens is 1. The van der Waals surface area contributed by atoms with Crippen LogP contribution in [0.2, 0.25) is 0 Å². The van der Waals surface area contributed by atoms with Crippen LogP contribution in [0.25, 0.3) is 11.2 Å². The van der Waals surface area contributed by atoms with Crippen molar-refractivity contribution >= 4 is 11.2 Å². The standard InChI is InChI=1S/C14H21N5O3/c1-17(6-9(20)8-4-5-8)7-10-15-11-12(16-10)18(2)14(22)19(3)13(11)21/h8-9,20H,4-7H2,1-3H3,(H,15,16)/t9-/m1/s1. The van der Waals surface area contributed by atoms with Crippen LogP contribution in [-0.4, -0.2) is 48.8 Å². The van der Waals surface area contributed by atoms with Crippen LogP contribution in [0.1, 0.15) is 18.7 Å². The largest absolute Gasteiger partial charge is 0.392 e. The Morgan fingerprint density at radius 1 is 1.36 bits per heavy atom. The molecule has 1 fully saturated rings. The Hall–Kier alpha value is -1.93. The molecule has 1 aliphatic rings. The van der Waals surface area contributed by atoms with E-state index in [0.29, 0.717) is 36.0 Å². The van der Waals surface area contributed by atoms with Crippen molar-refractivity contribution in [2.45, 2.75) is 25.5 Å². The molecule has 3 rings (SSSR count). The van der Waals surface area contributed by atoms with E-state index in [-0.39, 0.29) is 11.7 Å². The van der Waals surface area contributed by atoms with E-state index in [1.54, 1.807) is 7.05 Å². The lowest BCUT2D eigenvalue weighted by molar-refractivity contribution is 0.103. The number of aryl methyl sites for hydroxylation is 1. The molecule has 0 aliphatic heterocycles. The maximum atomic E-state index is 12.1. The molecule has 0 spiro atoms. The summed E-state index contributed by atoms with van der Waals surface area (Å²) in [6.07, 6.45) is 1.88. The molecule has 1 aliphatic carbocycles. The number of aromatic amines is 1. The summed E-state index contributed by atoms with van der Waals surface area (Å²) in [5.74, 6) is 1.03. The van der Waals surface area contributed by atoms with Crippen LogP contribution in [-0.2, 0) is 20.6 Å². The minimum atomic E-state index is -0.395. The first kappa shape index (κ1) is 15.0. The lowest BCUT2D eigenvalue weighted by Crippen LogP contribution is -2.36. The van der Waals surface area contributed by atoms with E-state index < -0.39 is 5.69 Å². The third kappa shape index (κ3) is 2.59. The maximum absolute atomic E-state index is 12.1. The molecular weight excluding hydrogens is 286 g/mol. The number of aliphatic hydroxyl groups is 1. The van der Waals surface area contributed by atoms with E-state index in [1.807, 2.05) is 11.9 Å². The first-order chi connectivity index (χ1) is 10.4. The predicted octanol–water partition coefficient (Wildman–Crippen LogP) is -0.837. The Bertz CT molecular complexity index is 814. The molecule has 0 radical (unpaired) electrons. The molecule has 120 valence electrons. The van der Waals surface area contributed by atoms with Crippen LogP contribution in [0.4, 0.5) is 0 Å². The maximum Gasteiger partial charge on any atom is 0.332 e. The van der Waals surface area contributed by atoms with E-state index in [4.69, 9.17) is 0 Å². The van der Waals surface area contributed by atoms with E-state index in [0.717, 1.165) is 17.4 Å². The van der Waals surface area contributed by atoms with Crippen molar-refractivity contribution in [3.63, 3.8) is 0 Å². The molecule has 8 heteroatoms. The molecule has 0 saturated heterocycles. The molecule has 2 aromatic rings. The van der Waals surface area contributed by atoms with Gasteiger partial charge in [-0.3, -0.25) is 18.8 Å². The minimum Gasteiger partial charge on any atom is -0.392 e. The average molecular weight is 307 g/mol. The van der Waals surface area contributed by atoms with Crippen molar-refractivity contribution < 1.29 is 5.11 Å². The van der Waals surface area contributed by atoms with E-state index in [1.165, 1.54) is 11.6 Å². The Balaban J connectivity index is 1.86. The molecule has 8 nitrogen and oxygen atoms in total. The zero-order valence-corrected chi connectivity index (χ0v) is 13.0. The molecule has 2 heterocycles. The van der Waals surface area contributed by atoms with Gasteiger partial charge in [0, 0.05) is 20.6 Å². The van der Waals surface area contributed by atoms with Crippen LogP contribution in [0.5, 0.6) is 0 Å². The van der Waals surface area contributed by atoms with Crippen LogP contribution in [0.3, 0.4) is 0 Å². The highest BCUT2D eigenvalue weighted by Crippen LogP contribution is 2.32. The number of fused-ring (bicyclic) bond motifs is 1. The number of hydrogen-bond donors (Lipinski definition) is 2. The number of imidazole rings is 1. The average Bonchev–Trinajstić information content (AvgIpc) is 3.24. The van der Waals surface area contributed by atoms with Crippen LogP contribution < -0.4 is 11.2 Å². The fraction of sp³-hybridized carbons (Fsp3) is 0.643. The third-order valence-electron chi connectivity index (χ3n) is 4.23. The van der Waals surface area contributed by atoms with Gasteiger partial charge in [-0.2, -0.15) is 0 Å². The molecule has 0 amide bonds. The summed E-state index contributed by atoms with van der Waals surface area (Å²) < 4.78 is 2.42. The summed E-state index contributed by atoms with van der Waals surface area (Å²) in [4.78, 5) is 33.3. The van der Waals surface area contributed by atoms with Gasteiger partial charge in [0.25, 0.3) is 5.56 Å². The van der Waals surface area contributed by atoms with Gasteiger partial charge in [-0.25, -0.2) is 9.78 Å². The number of nitrogens with one attached hydrogen (secondary N) is 1. The van der Waals surface area contributed by atoms with Crippen molar-refractivity contribution in [1.29, 1.82) is 0 Å². The van der Waals surface area contributed by atoms with Gasteiger partial charge in [0.05, 0.1) is 12.6 Å². The molecule has 22 heavy (non-hydrogen) atoms. The van der Waals surface area contributed by atoms with E-state index >= 15 is 0 Å². The van der Waals surface area contributed by atoms with Gasteiger partial charge in [0.15, 0.2) is 5.65 Å². The van der Waals surface area contributed by atoms with Crippen molar-refractivity contribution in [2.24, 2.45) is 20.0 Å². The Morgan fingerprint density at radius 2 is 2.05 bits per heavy atom. The predicted molar refractivity (Wildman–Crippen MR) is 81.6 cm³/mol. The molecule has 0 unspecified atom stereocenters. The number of aliphatic hydroxyl groups excluding tert-OH is 1.